The molecule has 0 aliphatic rings. The summed E-state index contributed by atoms with van der Waals surface area (Å²) in [4.78, 5) is 27.9. The highest BCUT2D eigenvalue weighted by Gasteiger charge is 2.18. The van der Waals surface area contributed by atoms with E-state index in [1.54, 1.807) is 29.6 Å². The monoisotopic (exact) mass is 419 g/mol. The fraction of sp³-hybridized carbons (Fsp3) is 0.115. The summed E-state index contributed by atoms with van der Waals surface area (Å²) in [5, 5.41) is 10.4. The van der Waals surface area contributed by atoms with Gasteiger partial charge in [0.15, 0.2) is 11.6 Å². The van der Waals surface area contributed by atoms with E-state index in [9.17, 15) is 10.1 Å². The number of carbonyl (C=O) groups is 1. The Balaban J connectivity index is 2.02. The molecule has 4 aromatic rings. The van der Waals surface area contributed by atoms with Crippen LogP contribution in [0.1, 0.15) is 22.8 Å². The summed E-state index contributed by atoms with van der Waals surface area (Å²) in [6, 6.07) is 21.1. The van der Waals surface area contributed by atoms with Crippen molar-refractivity contribution in [2.75, 3.05) is 14.1 Å². The summed E-state index contributed by atoms with van der Waals surface area (Å²) in [7, 11) is 3.71. The maximum Gasteiger partial charge on any atom is 0.165 e. The zero-order valence-electron chi connectivity index (χ0n) is 18.1. The molecule has 0 saturated carbocycles. The minimum atomic E-state index is -0.121. The van der Waals surface area contributed by atoms with Crippen LogP contribution in [-0.2, 0) is 0 Å². The second kappa shape index (κ2) is 8.78. The zero-order chi connectivity index (χ0) is 22.7. The molecule has 0 saturated heterocycles. The van der Waals surface area contributed by atoms with Crippen molar-refractivity contribution in [3.8, 4) is 28.5 Å². The van der Waals surface area contributed by atoms with Gasteiger partial charge in [-0.05, 0) is 48.9 Å². The molecule has 0 radical (unpaired) electrons. The summed E-state index contributed by atoms with van der Waals surface area (Å²) in [5.41, 5.74) is 4.98. The van der Waals surface area contributed by atoms with Gasteiger partial charge in [-0.15, -0.1) is 0 Å². The molecular formula is C26H21N5O. The van der Waals surface area contributed by atoms with Gasteiger partial charge in [0.25, 0.3) is 0 Å². The van der Waals surface area contributed by atoms with Crippen LogP contribution in [0, 0.1) is 11.3 Å². The Morgan fingerprint density at radius 1 is 1.06 bits per heavy atom. The second-order valence-corrected chi connectivity index (χ2v) is 7.62. The zero-order valence-corrected chi connectivity index (χ0v) is 18.1. The van der Waals surface area contributed by atoms with Crippen molar-refractivity contribution in [2.45, 2.75) is 6.92 Å². The third-order valence-corrected chi connectivity index (χ3v) is 4.97. The van der Waals surface area contributed by atoms with Crippen molar-refractivity contribution in [2.24, 2.45) is 4.99 Å². The number of fused-ring (bicyclic) bond motifs is 1. The van der Waals surface area contributed by atoms with Gasteiger partial charge in [-0.25, -0.2) is 9.98 Å². The van der Waals surface area contributed by atoms with Crippen LogP contribution in [0.25, 0.3) is 33.3 Å². The molecule has 2 aromatic carbocycles. The largest absolute Gasteiger partial charge is 0.369 e. The molecule has 6 heteroatoms. The van der Waals surface area contributed by atoms with E-state index in [1.807, 2.05) is 62.6 Å². The number of pyridine rings is 2. The van der Waals surface area contributed by atoms with Crippen molar-refractivity contribution in [1.29, 1.82) is 5.26 Å². The molecule has 6 nitrogen and oxygen atoms in total. The first-order valence-corrected chi connectivity index (χ1v) is 10.1. The molecule has 32 heavy (non-hydrogen) atoms. The van der Waals surface area contributed by atoms with Gasteiger partial charge >= 0.3 is 0 Å². The van der Waals surface area contributed by atoms with E-state index in [2.05, 4.69) is 16.0 Å². The average molecular weight is 419 g/mol. The number of ketones is 1. The van der Waals surface area contributed by atoms with E-state index in [4.69, 9.17) is 4.98 Å². The number of aliphatic imine (C=N–C) groups is 1. The smallest absolute Gasteiger partial charge is 0.165 e. The average Bonchev–Trinajstić information content (AvgIpc) is 2.81. The van der Waals surface area contributed by atoms with Gasteiger partial charge < -0.3 is 4.90 Å². The fourth-order valence-electron chi connectivity index (χ4n) is 3.45. The number of rotatable bonds is 5. The first-order chi connectivity index (χ1) is 15.5. The summed E-state index contributed by atoms with van der Waals surface area (Å²) in [6.07, 6.45) is 3.37. The molecule has 0 N–H and O–H groups in total. The molecule has 0 spiro atoms. The van der Waals surface area contributed by atoms with Crippen LogP contribution in [0.2, 0.25) is 0 Å². The number of benzene rings is 2. The maximum atomic E-state index is 12.5. The Morgan fingerprint density at radius 2 is 1.91 bits per heavy atom. The van der Waals surface area contributed by atoms with Gasteiger partial charge in [-0.1, -0.05) is 24.3 Å². The predicted octanol–water partition coefficient (Wildman–Crippen LogP) is 5.26. The number of hydrogen-bond donors (Lipinski definition) is 0. The van der Waals surface area contributed by atoms with E-state index in [-0.39, 0.29) is 5.78 Å². The van der Waals surface area contributed by atoms with E-state index in [0.29, 0.717) is 22.6 Å². The molecule has 156 valence electrons. The van der Waals surface area contributed by atoms with Crippen LogP contribution in [0.15, 0.2) is 71.9 Å². The van der Waals surface area contributed by atoms with E-state index in [1.165, 1.54) is 6.92 Å². The minimum absolute atomic E-state index is 0.121. The summed E-state index contributed by atoms with van der Waals surface area (Å²) in [5.74, 6) is 0.221. The highest BCUT2D eigenvalue weighted by atomic mass is 16.1. The lowest BCUT2D eigenvalue weighted by atomic mass is 9.95. The maximum absolute atomic E-state index is 12.5. The van der Waals surface area contributed by atoms with Crippen molar-refractivity contribution in [3.63, 3.8) is 0 Å². The van der Waals surface area contributed by atoms with Crippen molar-refractivity contribution < 1.29 is 4.79 Å². The topological polar surface area (TPSA) is 82.2 Å². The van der Waals surface area contributed by atoms with Crippen LogP contribution in [0.4, 0.5) is 5.82 Å². The van der Waals surface area contributed by atoms with Gasteiger partial charge in [-0.2, -0.15) is 5.26 Å². The molecule has 0 atom stereocenters. The second-order valence-electron chi connectivity index (χ2n) is 7.62. The van der Waals surface area contributed by atoms with Crippen LogP contribution >= 0.6 is 0 Å². The summed E-state index contributed by atoms with van der Waals surface area (Å²) in [6.45, 7) is 1.51. The third-order valence-electron chi connectivity index (χ3n) is 4.97. The molecular weight excluding hydrogens is 398 g/mol. The molecule has 0 aliphatic heterocycles. The Hall–Kier alpha value is -4.37. The number of hydrogen-bond acceptors (Lipinski definition) is 5. The third kappa shape index (κ3) is 4.23. The number of nitrogens with zero attached hydrogens (tertiary/aromatic N) is 5. The number of aromatic nitrogens is 2. The highest BCUT2D eigenvalue weighted by molar-refractivity contribution is 6.01. The van der Waals surface area contributed by atoms with Crippen LogP contribution in [0.5, 0.6) is 0 Å². The number of Topliss-reactive ketones (excluding diaryl/α,β-unsaturated/α-hetero) is 1. The molecule has 0 aliphatic carbocycles. The van der Waals surface area contributed by atoms with E-state index in [0.717, 1.165) is 27.6 Å². The van der Waals surface area contributed by atoms with Crippen molar-refractivity contribution in [3.05, 3.63) is 78.0 Å². The molecule has 0 unspecified atom stereocenters. The van der Waals surface area contributed by atoms with Gasteiger partial charge in [-0.3, -0.25) is 9.78 Å². The highest BCUT2D eigenvalue weighted by Crippen LogP contribution is 2.36. The molecule has 4 rings (SSSR count). The van der Waals surface area contributed by atoms with E-state index < -0.39 is 0 Å². The molecule has 0 bridgehead atoms. The summed E-state index contributed by atoms with van der Waals surface area (Å²) < 4.78 is 0. The first-order valence-electron chi connectivity index (χ1n) is 10.1. The van der Waals surface area contributed by atoms with Gasteiger partial charge in [0.1, 0.15) is 0 Å². The Morgan fingerprint density at radius 3 is 2.66 bits per heavy atom. The Labute approximate surface area is 186 Å². The van der Waals surface area contributed by atoms with Gasteiger partial charge in [0, 0.05) is 36.8 Å². The quantitative estimate of drug-likeness (QED) is 0.250. The lowest BCUT2D eigenvalue weighted by Gasteiger charge is -2.14. The molecule has 2 aromatic heterocycles. The normalized spacial score (nSPS) is 10.9. The fourth-order valence-corrected chi connectivity index (χ4v) is 3.45. The van der Waals surface area contributed by atoms with E-state index >= 15 is 0 Å². The van der Waals surface area contributed by atoms with Crippen LogP contribution in [-0.4, -0.2) is 41.1 Å². The predicted molar refractivity (Wildman–Crippen MR) is 127 cm³/mol. The number of carbonyl (C=O) groups excluding carboxylic acids is 1. The summed E-state index contributed by atoms with van der Waals surface area (Å²) >= 11 is 0. The first kappa shape index (κ1) is 20.9. The van der Waals surface area contributed by atoms with Crippen LogP contribution < -0.4 is 0 Å². The molecule has 2 heterocycles. The van der Waals surface area contributed by atoms with Crippen molar-refractivity contribution in [1.82, 2.24) is 14.9 Å². The van der Waals surface area contributed by atoms with Gasteiger partial charge in [0.2, 0.25) is 0 Å². The SMILES string of the molecule is CC(=O)c1cc(-c2ccc3ncccc3c2)c(-c2cccc(C#N)c2)nc1/N=C/N(C)C. The number of nitriles is 1. The Bertz CT molecular complexity index is 1400. The lowest BCUT2D eigenvalue weighted by molar-refractivity contribution is 0.101. The van der Waals surface area contributed by atoms with Crippen LogP contribution in [0.3, 0.4) is 0 Å². The lowest BCUT2D eigenvalue weighted by Crippen LogP contribution is -2.08. The van der Waals surface area contributed by atoms with Gasteiger partial charge in [0.05, 0.1) is 34.7 Å². The van der Waals surface area contributed by atoms with Crippen molar-refractivity contribution >= 4 is 28.8 Å². The molecule has 0 fully saturated rings. The Kier molecular flexibility index (Phi) is 5.73. The standard InChI is InChI=1S/C26H21N5O/c1-17(32)22-14-23(19-9-10-24-20(13-19)8-5-11-28-24)25(30-26(22)29-16-31(2)3)21-7-4-6-18(12-21)15-27/h4-14,16H,1-3H3/b29-16+. The minimum Gasteiger partial charge on any atom is -0.369 e. The molecule has 0 amide bonds.